The van der Waals surface area contributed by atoms with E-state index in [0.29, 0.717) is 18.9 Å². The highest BCUT2D eigenvalue weighted by atomic mass is 19.4. The number of benzene rings is 1. The highest BCUT2D eigenvalue weighted by molar-refractivity contribution is 5.73. The predicted octanol–water partition coefficient (Wildman–Crippen LogP) is 3.58. The molecular weight excluding hydrogens is 290 g/mol. The van der Waals surface area contributed by atoms with Crippen molar-refractivity contribution in [2.75, 3.05) is 0 Å². The van der Waals surface area contributed by atoms with E-state index in [1.165, 1.54) is 0 Å². The zero-order chi connectivity index (χ0) is 16.0. The van der Waals surface area contributed by atoms with E-state index >= 15 is 0 Å². The number of nitrogens with one attached hydrogen (secondary N) is 1. The fraction of sp³-hybridized carbons (Fsp3) is 0.500. The van der Waals surface area contributed by atoms with Gasteiger partial charge in [0.25, 0.3) is 0 Å². The first-order valence-electron chi connectivity index (χ1n) is 6.57. The first-order chi connectivity index (χ1) is 9.75. The van der Waals surface area contributed by atoms with Crippen LogP contribution in [0.1, 0.15) is 37.3 Å². The standard InChI is InChI=1S/C14H17F4NO2/c1-2-3-4-12(13(20)21)19-8-9-5-6-10(15)7-11(9)14(16,17)18/h5-7,12,19H,2-4,8H2,1H3,(H,20,21). The summed E-state index contributed by atoms with van der Waals surface area (Å²) in [6, 6.07) is 1.44. The Morgan fingerprint density at radius 1 is 1.38 bits per heavy atom. The molecule has 0 aromatic heterocycles. The van der Waals surface area contributed by atoms with Crippen molar-refractivity contribution in [3.8, 4) is 0 Å². The van der Waals surface area contributed by atoms with Gasteiger partial charge in [-0.3, -0.25) is 4.79 Å². The fourth-order valence-electron chi connectivity index (χ4n) is 1.92. The number of carboxylic acid groups (broad SMARTS) is 1. The highest BCUT2D eigenvalue weighted by Gasteiger charge is 2.33. The Morgan fingerprint density at radius 3 is 2.57 bits per heavy atom. The van der Waals surface area contributed by atoms with Gasteiger partial charge in [0.2, 0.25) is 0 Å². The molecule has 0 aliphatic carbocycles. The molecule has 2 N–H and O–H groups in total. The molecule has 0 saturated heterocycles. The highest BCUT2D eigenvalue weighted by Crippen LogP contribution is 2.32. The summed E-state index contributed by atoms with van der Waals surface area (Å²) in [5.41, 5.74) is -1.26. The molecule has 0 radical (unpaired) electrons. The molecule has 0 bridgehead atoms. The van der Waals surface area contributed by atoms with E-state index in [1.54, 1.807) is 0 Å². The third-order valence-corrected chi connectivity index (χ3v) is 3.06. The van der Waals surface area contributed by atoms with Gasteiger partial charge in [0.1, 0.15) is 11.9 Å². The van der Waals surface area contributed by atoms with Crippen molar-refractivity contribution >= 4 is 5.97 Å². The van der Waals surface area contributed by atoms with Gasteiger partial charge in [0.05, 0.1) is 5.56 Å². The largest absolute Gasteiger partial charge is 0.480 e. The molecule has 3 nitrogen and oxygen atoms in total. The second kappa shape index (κ2) is 7.40. The van der Waals surface area contributed by atoms with Crippen LogP contribution in [0.4, 0.5) is 17.6 Å². The summed E-state index contributed by atoms with van der Waals surface area (Å²) in [4.78, 5) is 11.0. The number of unbranched alkanes of at least 4 members (excludes halogenated alkanes) is 1. The van der Waals surface area contributed by atoms with E-state index in [4.69, 9.17) is 5.11 Å². The first kappa shape index (κ1) is 17.4. The van der Waals surface area contributed by atoms with Crippen molar-refractivity contribution in [3.05, 3.63) is 35.1 Å². The topological polar surface area (TPSA) is 49.3 Å². The molecule has 1 aromatic carbocycles. The minimum atomic E-state index is -4.68. The number of halogens is 4. The summed E-state index contributed by atoms with van der Waals surface area (Å²) in [6.45, 7) is 1.61. The lowest BCUT2D eigenvalue weighted by atomic mass is 10.1. The Hall–Kier alpha value is -1.63. The molecule has 0 fully saturated rings. The number of carbonyl (C=O) groups is 1. The SMILES string of the molecule is CCCCC(NCc1ccc(F)cc1C(F)(F)F)C(=O)O. The lowest BCUT2D eigenvalue weighted by Crippen LogP contribution is -2.36. The molecule has 0 aliphatic rings. The van der Waals surface area contributed by atoms with E-state index in [1.807, 2.05) is 6.92 Å². The van der Waals surface area contributed by atoms with E-state index in [9.17, 15) is 22.4 Å². The van der Waals surface area contributed by atoms with E-state index in [0.717, 1.165) is 18.6 Å². The summed E-state index contributed by atoms with van der Waals surface area (Å²) in [5.74, 6) is -2.09. The van der Waals surface area contributed by atoms with Gasteiger partial charge in [0, 0.05) is 6.54 Å². The lowest BCUT2D eigenvalue weighted by molar-refractivity contribution is -0.139. The molecule has 1 aromatic rings. The van der Waals surface area contributed by atoms with Gasteiger partial charge in [-0.15, -0.1) is 0 Å². The van der Waals surface area contributed by atoms with Crippen molar-refractivity contribution in [1.29, 1.82) is 0 Å². The van der Waals surface area contributed by atoms with Gasteiger partial charge in [0.15, 0.2) is 0 Å². The average Bonchev–Trinajstić information content (AvgIpc) is 2.38. The second-order valence-electron chi connectivity index (χ2n) is 4.71. The molecule has 0 spiro atoms. The zero-order valence-electron chi connectivity index (χ0n) is 11.5. The number of rotatable bonds is 7. The van der Waals surface area contributed by atoms with Crippen molar-refractivity contribution < 1.29 is 27.5 Å². The van der Waals surface area contributed by atoms with Gasteiger partial charge < -0.3 is 10.4 Å². The Balaban J connectivity index is 2.85. The molecule has 21 heavy (non-hydrogen) atoms. The third-order valence-electron chi connectivity index (χ3n) is 3.06. The van der Waals surface area contributed by atoms with Gasteiger partial charge in [-0.2, -0.15) is 13.2 Å². The van der Waals surface area contributed by atoms with E-state index in [-0.39, 0.29) is 12.1 Å². The minimum absolute atomic E-state index is 0.174. The number of carboxylic acids is 1. The molecular formula is C14H17F4NO2. The maximum atomic E-state index is 13.0. The average molecular weight is 307 g/mol. The summed E-state index contributed by atoms with van der Waals surface area (Å²) in [6.07, 6.45) is -2.91. The number of hydrogen-bond donors (Lipinski definition) is 2. The van der Waals surface area contributed by atoms with Gasteiger partial charge in [-0.1, -0.05) is 25.8 Å². The Bertz CT molecular complexity index is 488. The lowest BCUT2D eigenvalue weighted by Gasteiger charge is -2.17. The molecule has 7 heteroatoms. The van der Waals surface area contributed by atoms with Crippen molar-refractivity contribution in [1.82, 2.24) is 5.32 Å². The summed E-state index contributed by atoms with van der Waals surface area (Å²) in [7, 11) is 0. The molecule has 1 atom stereocenters. The van der Waals surface area contributed by atoms with E-state index in [2.05, 4.69) is 5.32 Å². The monoisotopic (exact) mass is 307 g/mol. The van der Waals surface area contributed by atoms with Crippen LogP contribution in [0.25, 0.3) is 0 Å². The number of aliphatic carboxylic acids is 1. The molecule has 1 rings (SSSR count). The van der Waals surface area contributed by atoms with Crippen LogP contribution in [-0.2, 0) is 17.5 Å². The fourth-order valence-corrected chi connectivity index (χ4v) is 1.92. The summed E-state index contributed by atoms with van der Waals surface area (Å²) in [5, 5.41) is 11.6. The van der Waals surface area contributed by atoms with Gasteiger partial charge in [-0.05, 0) is 24.1 Å². The van der Waals surface area contributed by atoms with Crippen LogP contribution in [0.3, 0.4) is 0 Å². The van der Waals surface area contributed by atoms with Crippen LogP contribution < -0.4 is 5.32 Å². The van der Waals surface area contributed by atoms with Crippen molar-refractivity contribution in [2.45, 2.75) is 44.9 Å². The maximum Gasteiger partial charge on any atom is 0.416 e. The molecule has 0 amide bonds. The van der Waals surface area contributed by atoms with E-state index < -0.39 is 29.6 Å². The number of alkyl halides is 3. The van der Waals surface area contributed by atoms with Crippen LogP contribution in [0.2, 0.25) is 0 Å². The zero-order valence-corrected chi connectivity index (χ0v) is 11.5. The number of hydrogen-bond acceptors (Lipinski definition) is 2. The predicted molar refractivity (Wildman–Crippen MR) is 69.2 cm³/mol. The first-order valence-corrected chi connectivity index (χ1v) is 6.57. The molecule has 0 aliphatic heterocycles. The van der Waals surface area contributed by atoms with Crippen LogP contribution >= 0.6 is 0 Å². The summed E-state index contributed by atoms with van der Waals surface area (Å²) >= 11 is 0. The van der Waals surface area contributed by atoms with Crippen molar-refractivity contribution in [3.63, 3.8) is 0 Å². The van der Waals surface area contributed by atoms with Crippen LogP contribution in [0.15, 0.2) is 18.2 Å². The maximum absolute atomic E-state index is 13.0. The molecule has 0 heterocycles. The third kappa shape index (κ3) is 5.34. The van der Waals surface area contributed by atoms with Crippen molar-refractivity contribution in [2.24, 2.45) is 0 Å². The Morgan fingerprint density at radius 2 is 2.05 bits per heavy atom. The molecule has 1 unspecified atom stereocenters. The van der Waals surface area contributed by atoms with Crippen LogP contribution in [0, 0.1) is 5.82 Å². The smallest absolute Gasteiger partial charge is 0.416 e. The normalized spacial score (nSPS) is 13.2. The van der Waals surface area contributed by atoms with Crippen LogP contribution in [0.5, 0.6) is 0 Å². The minimum Gasteiger partial charge on any atom is -0.480 e. The Labute approximate surface area is 120 Å². The summed E-state index contributed by atoms with van der Waals surface area (Å²) < 4.78 is 51.4. The van der Waals surface area contributed by atoms with Crippen LogP contribution in [-0.4, -0.2) is 17.1 Å². The van der Waals surface area contributed by atoms with Gasteiger partial charge >= 0.3 is 12.1 Å². The molecule has 0 saturated carbocycles. The molecule has 118 valence electrons. The quantitative estimate of drug-likeness (QED) is 0.757. The second-order valence-corrected chi connectivity index (χ2v) is 4.71. The Kier molecular flexibility index (Phi) is 6.14. The van der Waals surface area contributed by atoms with Gasteiger partial charge in [-0.25, -0.2) is 4.39 Å².